The van der Waals surface area contributed by atoms with Crippen molar-refractivity contribution in [3.8, 4) is 0 Å². The highest BCUT2D eigenvalue weighted by molar-refractivity contribution is 5.81. The number of halogens is 1. The van der Waals surface area contributed by atoms with Crippen molar-refractivity contribution < 1.29 is 4.39 Å². The smallest absolute Gasteiger partial charge is 0.123 e. The van der Waals surface area contributed by atoms with Gasteiger partial charge in [-0.15, -0.1) is 0 Å². The van der Waals surface area contributed by atoms with Crippen molar-refractivity contribution in [2.24, 2.45) is 0 Å². The normalized spacial score (nSPS) is 10.4. The summed E-state index contributed by atoms with van der Waals surface area (Å²) in [4.78, 5) is 1.95. The number of nitrogens with zero attached hydrogens (tertiary/aromatic N) is 1. The SMILES string of the molecule is C=C(c1cc(N)ccc1C)N(C)c1ccc(F)cc1C. The average Bonchev–Trinajstić information content (AvgIpc) is 2.40. The first-order valence-corrected chi connectivity index (χ1v) is 6.45. The zero-order valence-electron chi connectivity index (χ0n) is 12.1. The molecule has 2 aromatic rings. The van der Waals surface area contributed by atoms with Gasteiger partial charge in [-0.1, -0.05) is 12.6 Å². The molecule has 0 amide bonds. The van der Waals surface area contributed by atoms with Crippen LogP contribution < -0.4 is 10.6 Å². The molecule has 3 heteroatoms. The highest BCUT2D eigenvalue weighted by atomic mass is 19.1. The fraction of sp³-hybridized carbons (Fsp3) is 0.176. The summed E-state index contributed by atoms with van der Waals surface area (Å²) in [5, 5.41) is 0. The first-order chi connectivity index (χ1) is 9.40. The molecule has 0 aliphatic heterocycles. The zero-order chi connectivity index (χ0) is 14.9. The summed E-state index contributed by atoms with van der Waals surface area (Å²) >= 11 is 0. The van der Waals surface area contributed by atoms with Gasteiger partial charge in [0.2, 0.25) is 0 Å². The van der Waals surface area contributed by atoms with Crippen LogP contribution in [0.2, 0.25) is 0 Å². The summed E-state index contributed by atoms with van der Waals surface area (Å²) in [6.07, 6.45) is 0. The van der Waals surface area contributed by atoms with Crippen LogP contribution in [0.5, 0.6) is 0 Å². The molecule has 0 heterocycles. The van der Waals surface area contributed by atoms with Gasteiger partial charge in [0.05, 0.1) is 0 Å². The van der Waals surface area contributed by atoms with Gasteiger partial charge >= 0.3 is 0 Å². The molecule has 0 aromatic heterocycles. The molecular formula is C17H19FN2. The second kappa shape index (κ2) is 5.37. The van der Waals surface area contributed by atoms with Crippen molar-refractivity contribution in [1.29, 1.82) is 0 Å². The van der Waals surface area contributed by atoms with Crippen LogP contribution in [-0.2, 0) is 0 Å². The summed E-state index contributed by atoms with van der Waals surface area (Å²) in [6.45, 7) is 8.05. The molecule has 0 saturated carbocycles. The van der Waals surface area contributed by atoms with Crippen molar-refractivity contribution in [3.05, 3.63) is 65.5 Å². The predicted octanol–water partition coefficient (Wildman–Crippen LogP) is 4.13. The maximum Gasteiger partial charge on any atom is 0.123 e. The Hall–Kier alpha value is -2.29. The molecule has 0 saturated heterocycles. The minimum Gasteiger partial charge on any atom is -0.399 e. The molecule has 20 heavy (non-hydrogen) atoms. The quantitative estimate of drug-likeness (QED) is 0.850. The minimum absolute atomic E-state index is 0.231. The molecule has 0 unspecified atom stereocenters. The number of nitrogens with two attached hydrogens (primary N) is 1. The number of nitrogen functional groups attached to an aromatic ring is 1. The monoisotopic (exact) mass is 270 g/mol. The Balaban J connectivity index is 2.40. The van der Waals surface area contributed by atoms with Crippen LogP contribution in [0.15, 0.2) is 43.0 Å². The summed E-state index contributed by atoms with van der Waals surface area (Å²) in [5.41, 5.74) is 11.3. The van der Waals surface area contributed by atoms with Gasteiger partial charge in [0.15, 0.2) is 0 Å². The molecule has 0 spiro atoms. The first-order valence-electron chi connectivity index (χ1n) is 6.45. The van der Waals surface area contributed by atoms with Crippen molar-refractivity contribution in [2.75, 3.05) is 17.7 Å². The third-order valence-corrected chi connectivity index (χ3v) is 3.50. The van der Waals surface area contributed by atoms with Crippen LogP contribution in [-0.4, -0.2) is 7.05 Å². The lowest BCUT2D eigenvalue weighted by Gasteiger charge is -2.25. The third-order valence-electron chi connectivity index (χ3n) is 3.50. The van der Waals surface area contributed by atoms with Gasteiger partial charge in [0.1, 0.15) is 5.82 Å². The zero-order valence-corrected chi connectivity index (χ0v) is 12.1. The van der Waals surface area contributed by atoms with E-state index in [2.05, 4.69) is 6.58 Å². The number of hydrogen-bond donors (Lipinski definition) is 1. The molecule has 0 bridgehead atoms. The lowest BCUT2D eigenvalue weighted by atomic mass is 10.0. The van der Waals surface area contributed by atoms with Gasteiger partial charge < -0.3 is 10.6 Å². The number of benzene rings is 2. The van der Waals surface area contributed by atoms with E-state index in [9.17, 15) is 4.39 Å². The van der Waals surface area contributed by atoms with Crippen LogP contribution in [0.1, 0.15) is 16.7 Å². The molecule has 2 nitrogen and oxygen atoms in total. The van der Waals surface area contributed by atoms with Gasteiger partial charge in [0.25, 0.3) is 0 Å². The molecule has 2 N–H and O–H groups in total. The molecule has 0 radical (unpaired) electrons. The van der Waals surface area contributed by atoms with E-state index >= 15 is 0 Å². The highest BCUT2D eigenvalue weighted by Gasteiger charge is 2.12. The van der Waals surface area contributed by atoms with Crippen LogP contribution in [0.4, 0.5) is 15.8 Å². The summed E-state index contributed by atoms with van der Waals surface area (Å²) in [5.74, 6) is -0.231. The van der Waals surface area contributed by atoms with Crippen molar-refractivity contribution in [2.45, 2.75) is 13.8 Å². The van der Waals surface area contributed by atoms with Crippen LogP contribution in [0.3, 0.4) is 0 Å². The Morgan fingerprint density at radius 1 is 1.10 bits per heavy atom. The molecule has 0 fully saturated rings. The predicted molar refractivity (Wildman–Crippen MR) is 84.2 cm³/mol. The maximum atomic E-state index is 13.2. The fourth-order valence-electron chi connectivity index (χ4n) is 2.27. The van der Waals surface area contributed by atoms with E-state index in [1.165, 1.54) is 12.1 Å². The first kappa shape index (κ1) is 14.1. The molecule has 0 atom stereocenters. The largest absolute Gasteiger partial charge is 0.399 e. The summed E-state index contributed by atoms with van der Waals surface area (Å²) in [7, 11) is 1.92. The van der Waals surface area contributed by atoms with Gasteiger partial charge in [-0.05, 0) is 55.3 Å². The van der Waals surface area contributed by atoms with E-state index in [1.54, 1.807) is 6.07 Å². The standard InChI is InChI=1S/C17H19FN2/c1-11-5-7-15(19)10-16(11)13(3)20(4)17-8-6-14(18)9-12(17)2/h5-10H,3,19H2,1-2,4H3. The Labute approximate surface area is 119 Å². The van der Waals surface area contributed by atoms with E-state index < -0.39 is 0 Å². The molecule has 0 aliphatic rings. The lowest BCUT2D eigenvalue weighted by Crippen LogP contribution is -2.16. The molecule has 0 aliphatic carbocycles. The Bertz CT molecular complexity index is 662. The Kier molecular flexibility index (Phi) is 3.79. The van der Waals surface area contributed by atoms with Gasteiger partial charge in [-0.25, -0.2) is 4.39 Å². The highest BCUT2D eigenvalue weighted by Crippen LogP contribution is 2.29. The van der Waals surface area contributed by atoms with Crippen LogP contribution >= 0.6 is 0 Å². The molecular weight excluding hydrogens is 251 g/mol. The maximum absolute atomic E-state index is 13.2. The number of hydrogen-bond acceptors (Lipinski definition) is 2. The fourth-order valence-corrected chi connectivity index (χ4v) is 2.27. The Morgan fingerprint density at radius 2 is 1.80 bits per heavy atom. The number of aryl methyl sites for hydroxylation is 2. The average molecular weight is 270 g/mol. The van der Waals surface area contributed by atoms with E-state index in [4.69, 9.17) is 5.73 Å². The van der Waals surface area contributed by atoms with Gasteiger partial charge in [0, 0.05) is 29.7 Å². The second-order valence-electron chi connectivity index (χ2n) is 5.01. The van der Waals surface area contributed by atoms with Crippen LogP contribution in [0, 0.1) is 19.7 Å². The Morgan fingerprint density at radius 3 is 2.45 bits per heavy atom. The molecule has 104 valence electrons. The second-order valence-corrected chi connectivity index (χ2v) is 5.01. The van der Waals surface area contributed by atoms with E-state index in [0.29, 0.717) is 5.69 Å². The van der Waals surface area contributed by atoms with Gasteiger partial charge in [-0.2, -0.15) is 0 Å². The van der Waals surface area contributed by atoms with E-state index in [0.717, 1.165) is 28.1 Å². The van der Waals surface area contributed by atoms with Crippen molar-refractivity contribution in [1.82, 2.24) is 0 Å². The molecule has 2 aromatic carbocycles. The lowest BCUT2D eigenvalue weighted by molar-refractivity contribution is 0.626. The number of anilines is 2. The topological polar surface area (TPSA) is 29.3 Å². The number of rotatable bonds is 3. The molecule has 2 rings (SSSR count). The third kappa shape index (κ3) is 2.67. The van der Waals surface area contributed by atoms with E-state index in [1.807, 2.05) is 44.0 Å². The van der Waals surface area contributed by atoms with Crippen molar-refractivity contribution >= 4 is 17.1 Å². The summed E-state index contributed by atoms with van der Waals surface area (Å²) < 4.78 is 13.2. The van der Waals surface area contributed by atoms with Gasteiger partial charge in [-0.3, -0.25) is 0 Å². The van der Waals surface area contributed by atoms with E-state index in [-0.39, 0.29) is 5.82 Å². The van der Waals surface area contributed by atoms with Crippen molar-refractivity contribution in [3.63, 3.8) is 0 Å². The minimum atomic E-state index is -0.231. The van der Waals surface area contributed by atoms with Crippen LogP contribution in [0.25, 0.3) is 5.70 Å². The summed E-state index contributed by atoms with van der Waals surface area (Å²) in [6, 6.07) is 10.5.